The molecule has 31 heavy (non-hydrogen) atoms. The minimum Gasteiger partial charge on any atom is -0.379 e. The van der Waals surface area contributed by atoms with Gasteiger partial charge < -0.3 is 15.5 Å². The molecule has 0 spiro atoms. The number of amides is 1. The maximum atomic E-state index is 12.7. The predicted molar refractivity (Wildman–Crippen MR) is 118 cm³/mol. The third-order valence-corrected chi connectivity index (χ3v) is 6.92. The molecule has 2 N–H and O–H groups in total. The Hall–Kier alpha value is -3.02. The van der Waals surface area contributed by atoms with E-state index in [0.717, 1.165) is 0 Å². The number of likely N-dealkylation sites (N-methyl/N-ethyl adjacent to an activating group) is 1. The van der Waals surface area contributed by atoms with Crippen molar-refractivity contribution in [1.29, 1.82) is 0 Å². The molecule has 2 aromatic rings. The van der Waals surface area contributed by atoms with Crippen LogP contribution in [0.4, 0.5) is 17.1 Å². The third-order valence-electron chi connectivity index (χ3n) is 5.01. The van der Waals surface area contributed by atoms with Gasteiger partial charge in [0.2, 0.25) is 15.9 Å². The minimum absolute atomic E-state index is 0.0555. The highest BCUT2D eigenvalue weighted by Gasteiger charge is 2.27. The molecule has 1 aliphatic heterocycles. The molecule has 0 radical (unpaired) electrons. The molecule has 0 unspecified atom stereocenters. The van der Waals surface area contributed by atoms with Crippen molar-refractivity contribution in [3.63, 3.8) is 0 Å². The van der Waals surface area contributed by atoms with Crippen molar-refractivity contribution in [3.8, 4) is 0 Å². The van der Waals surface area contributed by atoms with Gasteiger partial charge in [-0.1, -0.05) is 12.1 Å². The summed E-state index contributed by atoms with van der Waals surface area (Å²) in [5.41, 5.74) is 0.770. The smallest absolute Gasteiger partial charge is 0.292 e. The lowest BCUT2D eigenvalue weighted by Crippen LogP contribution is -2.46. The Morgan fingerprint density at radius 3 is 2.35 bits per heavy atom. The number of anilines is 2. The zero-order chi connectivity index (χ0) is 22.4. The van der Waals surface area contributed by atoms with Crippen molar-refractivity contribution in [2.45, 2.75) is 11.3 Å². The number of carbonyl (C=O) groups is 1. The second-order valence-electron chi connectivity index (χ2n) is 7.23. The summed E-state index contributed by atoms with van der Waals surface area (Å²) in [7, 11) is -1.60. The van der Waals surface area contributed by atoms with Gasteiger partial charge in [-0.2, -0.15) is 4.31 Å². The molecule has 1 heterocycles. The first-order valence-electron chi connectivity index (χ1n) is 9.83. The third kappa shape index (κ3) is 5.78. The first-order chi connectivity index (χ1) is 14.8. The Morgan fingerprint density at radius 1 is 1.06 bits per heavy atom. The summed E-state index contributed by atoms with van der Waals surface area (Å²) < 4.78 is 27.0. The number of rotatable bonds is 8. The van der Waals surface area contributed by atoms with Crippen LogP contribution in [-0.2, 0) is 14.8 Å². The van der Waals surface area contributed by atoms with Crippen molar-refractivity contribution in [1.82, 2.24) is 9.21 Å². The number of nitrogens with zero attached hydrogens (tertiary/aromatic N) is 3. The molecular weight excluding hydrogens is 422 g/mol. The molecule has 1 aliphatic rings. The van der Waals surface area contributed by atoms with Gasteiger partial charge in [0.15, 0.2) is 0 Å². The van der Waals surface area contributed by atoms with Gasteiger partial charge in [-0.25, -0.2) is 8.42 Å². The molecule has 1 amide bonds. The lowest BCUT2D eigenvalue weighted by Gasteiger charge is -2.31. The van der Waals surface area contributed by atoms with E-state index in [0.29, 0.717) is 37.6 Å². The number of sulfonamides is 1. The minimum atomic E-state index is -3.56. The zero-order valence-corrected chi connectivity index (χ0v) is 18.0. The fourth-order valence-corrected chi connectivity index (χ4v) is 4.63. The fourth-order valence-electron chi connectivity index (χ4n) is 3.20. The van der Waals surface area contributed by atoms with Crippen LogP contribution in [0, 0.1) is 10.1 Å². The molecule has 3 rings (SSSR count). The van der Waals surface area contributed by atoms with Gasteiger partial charge in [0.05, 0.1) is 9.82 Å². The lowest BCUT2D eigenvalue weighted by atomic mass is 10.2. The summed E-state index contributed by atoms with van der Waals surface area (Å²) in [4.78, 5) is 25.0. The van der Waals surface area contributed by atoms with E-state index < -0.39 is 14.9 Å². The zero-order valence-electron chi connectivity index (χ0n) is 17.2. The largest absolute Gasteiger partial charge is 0.379 e. The lowest BCUT2D eigenvalue weighted by molar-refractivity contribution is -0.384. The number of nitro groups is 1. The Morgan fingerprint density at radius 2 is 1.71 bits per heavy atom. The normalized spacial score (nSPS) is 15.4. The Bertz CT molecular complexity index is 1030. The molecule has 0 saturated carbocycles. The number of para-hydroxylation sites is 2. The summed E-state index contributed by atoms with van der Waals surface area (Å²) in [5, 5.41) is 16.6. The van der Waals surface area contributed by atoms with E-state index in [1.807, 2.05) is 7.05 Å². The monoisotopic (exact) mass is 447 g/mol. The van der Waals surface area contributed by atoms with Crippen molar-refractivity contribution >= 4 is 33.0 Å². The number of benzene rings is 2. The molecule has 1 saturated heterocycles. The predicted octanol–water partition coefficient (Wildman–Crippen LogP) is 1.97. The molecule has 0 aliphatic carbocycles. The van der Waals surface area contributed by atoms with Gasteiger partial charge in [-0.05, 0) is 37.4 Å². The molecular formula is C20H25N5O5S. The van der Waals surface area contributed by atoms with E-state index >= 15 is 0 Å². The average Bonchev–Trinajstić information content (AvgIpc) is 2.74. The second-order valence-corrected chi connectivity index (χ2v) is 9.17. The van der Waals surface area contributed by atoms with Crippen LogP contribution in [0.1, 0.15) is 6.42 Å². The summed E-state index contributed by atoms with van der Waals surface area (Å²) in [6, 6.07) is 12.3. The highest BCUT2D eigenvalue weighted by Crippen LogP contribution is 2.23. The Balaban J connectivity index is 1.53. The fraction of sp³-hybridized carbons (Fsp3) is 0.350. The molecule has 11 heteroatoms. The van der Waals surface area contributed by atoms with E-state index in [-0.39, 0.29) is 29.5 Å². The van der Waals surface area contributed by atoms with E-state index in [2.05, 4.69) is 15.5 Å². The van der Waals surface area contributed by atoms with Gasteiger partial charge >= 0.3 is 0 Å². The summed E-state index contributed by atoms with van der Waals surface area (Å²) >= 11 is 0. The number of hydrogen-bond acceptors (Lipinski definition) is 7. The van der Waals surface area contributed by atoms with Gasteiger partial charge in [0.1, 0.15) is 5.69 Å². The molecule has 1 fully saturated rings. The summed E-state index contributed by atoms with van der Waals surface area (Å²) in [5.74, 6) is -0.291. The van der Waals surface area contributed by atoms with Gasteiger partial charge in [0, 0.05) is 50.9 Å². The highest BCUT2D eigenvalue weighted by molar-refractivity contribution is 7.89. The number of hydrogen-bond donors (Lipinski definition) is 2. The van der Waals surface area contributed by atoms with E-state index in [4.69, 9.17) is 0 Å². The van der Waals surface area contributed by atoms with E-state index in [9.17, 15) is 23.3 Å². The standard InChI is InChI=1S/C20H25N5O5S/c1-23-12-14-24(15-13-23)31(29,30)17-8-6-16(7-9-17)22-20(26)10-11-21-18-4-2-3-5-19(18)25(27)28/h2-9,21H,10-15H2,1H3,(H,22,26). The highest BCUT2D eigenvalue weighted by atomic mass is 32.2. The number of piperazine rings is 1. The first kappa shape index (κ1) is 22.7. The number of nitro benzene ring substituents is 1. The summed E-state index contributed by atoms with van der Waals surface area (Å²) in [6.07, 6.45) is 0.0907. The van der Waals surface area contributed by atoms with Crippen LogP contribution < -0.4 is 10.6 Å². The van der Waals surface area contributed by atoms with Crippen LogP contribution in [0.25, 0.3) is 0 Å². The van der Waals surface area contributed by atoms with Gasteiger partial charge in [-0.15, -0.1) is 0 Å². The van der Waals surface area contributed by atoms with Gasteiger partial charge in [0.25, 0.3) is 5.69 Å². The first-order valence-corrected chi connectivity index (χ1v) is 11.3. The maximum absolute atomic E-state index is 12.7. The van der Waals surface area contributed by atoms with Crippen molar-refractivity contribution < 1.29 is 18.1 Å². The van der Waals surface area contributed by atoms with Gasteiger partial charge in [-0.3, -0.25) is 14.9 Å². The second kappa shape index (κ2) is 9.86. The maximum Gasteiger partial charge on any atom is 0.292 e. The van der Waals surface area contributed by atoms with Crippen molar-refractivity contribution in [3.05, 3.63) is 58.6 Å². The molecule has 0 aromatic heterocycles. The van der Waals surface area contributed by atoms with E-state index in [1.165, 1.54) is 22.5 Å². The average molecular weight is 448 g/mol. The molecule has 2 aromatic carbocycles. The number of carbonyl (C=O) groups excluding carboxylic acids is 1. The van der Waals surface area contributed by atoms with Crippen LogP contribution in [0.15, 0.2) is 53.4 Å². The topological polar surface area (TPSA) is 125 Å². The summed E-state index contributed by atoms with van der Waals surface area (Å²) in [6.45, 7) is 2.49. The number of nitrogens with one attached hydrogen (secondary N) is 2. The van der Waals surface area contributed by atoms with E-state index in [1.54, 1.807) is 30.3 Å². The molecule has 0 bridgehead atoms. The van der Waals surface area contributed by atoms with Crippen LogP contribution in [0.2, 0.25) is 0 Å². The van der Waals surface area contributed by atoms with Crippen LogP contribution >= 0.6 is 0 Å². The van der Waals surface area contributed by atoms with Crippen LogP contribution in [0.3, 0.4) is 0 Å². The Labute approximate surface area is 181 Å². The Kier molecular flexibility index (Phi) is 7.21. The SMILES string of the molecule is CN1CCN(S(=O)(=O)c2ccc(NC(=O)CCNc3ccccc3[N+](=O)[O-])cc2)CC1. The van der Waals surface area contributed by atoms with Crippen molar-refractivity contribution in [2.75, 3.05) is 50.4 Å². The van der Waals surface area contributed by atoms with Crippen LogP contribution in [0.5, 0.6) is 0 Å². The van der Waals surface area contributed by atoms with Crippen molar-refractivity contribution in [2.24, 2.45) is 0 Å². The molecule has 0 atom stereocenters. The quantitative estimate of drug-likeness (QED) is 0.468. The molecule has 166 valence electrons. The molecule has 10 nitrogen and oxygen atoms in total. The van der Waals surface area contributed by atoms with Crippen LogP contribution in [-0.4, -0.2) is 68.2 Å².